The molecular formula is C35H52F3NO5Si2. The number of alkyl halides is 3. The Balaban J connectivity index is 2.01. The van der Waals surface area contributed by atoms with E-state index in [-0.39, 0.29) is 16.7 Å². The highest BCUT2D eigenvalue weighted by atomic mass is 28.4. The fourth-order valence-electron chi connectivity index (χ4n) is 5.56. The van der Waals surface area contributed by atoms with E-state index in [4.69, 9.17) is 18.3 Å². The number of carbonyl (C=O) groups is 1. The lowest BCUT2D eigenvalue weighted by Gasteiger charge is -2.44. The Kier molecular flexibility index (Phi) is 11.7. The van der Waals surface area contributed by atoms with Crippen LogP contribution in [-0.2, 0) is 23.1 Å². The van der Waals surface area contributed by atoms with E-state index in [1.807, 2.05) is 43.3 Å². The molecule has 6 nitrogen and oxygen atoms in total. The zero-order valence-corrected chi connectivity index (χ0v) is 31.1. The highest BCUT2D eigenvalue weighted by Crippen LogP contribution is 2.39. The third-order valence-corrected chi connectivity index (χ3v) is 18.5. The van der Waals surface area contributed by atoms with E-state index >= 15 is 0 Å². The Morgan fingerprint density at radius 1 is 0.891 bits per heavy atom. The lowest BCUT2D eigenvalue weighted by molar-refractivity contribution is -0.175. The zero-order chi connectivity index (χ0) is 34.8. The highest BCUT2D eigenvalue weighted by molar-refractivity contribution is 6.99. The second kappa shape index (κ2) is 14.1. The van der Waals surface area contributed by atoms with Crippen LogP contribution >= 0.6 is 0 Å². The van der Waals surface area contributed by atoms with Gasteiger partial charge in [0, 0.05) is 0 Å². The molecule has 2 aromatic rings. The van der Waals surface area contributed by atoms with Gasteiger partial charge in [-0.15, -0.1) is 0 Å². The van der Waals surface area contributed by atoms with Crippen LogP contribution in [0.5, 0.6) is 0 Å². The van der Waals surface area contributed by atoms with Crippen molar-refractivity contribution in [2.45, 2.75) is 122 Å². The Bertz CT molecular complexity index is 1280. The van der Waals surface area contributed by atoms with Crippen molar-refractivity contribution in [1.29, 1.82) is 0 Å². The van der Waals surface area contributed by atoms with E-state index in [9.17, 15) is 18.0 Å². The molecule has 11 heteroatoms. The summed E-state index contributed by atoms with van der Waals surface area (Å²) in [5.74, 6) is -3.15. The molecule has 1 heterocycles. The van der Waals surface area contributed by atoms with Crippen LogP contribution in [0.3, 0.4) is 0 Å². The zero-order valence-electron chi connectivity index (χ0n) is 29.1. The summed E-state index contributed by atoms with van der Waals surface area (Å²) in [5.41, 5.74) is 0. The minimum atomic E-state index is -5.08. The molecule has 1 saturated heterocycles. The van der Waals surface area contributed by atoms with E-state index in [1.165, 1.54) is 0 Å². The molecule has 1 aliphatic rings. The largest absolute Gasteiger partial charge is 0.471 e. The van der Waals surface area contributed by atoms with E-state index in [0.29, 0.717) is 0 Å². The minimum absolute atomic E-state index is 0.0883. The van der Waals surface area contributed by atoms with Crippen LogP contribution in [0, 0.1) is 0 Å². The molecular weight excluding hydrogens is 628 g/mol. The quantitative estimate of drug-likeness (QED) is 0.203. The summed E-state index contributed by atoms with van der Waals surface area (Å²) in [4.78, 5) is 12.3. The van der Waals surface area contributed by atoms with Crippen molar-refractivity contribution >= 4 is 32.9 Å². The molecule has 2 aromatic carbocycles. The maximum absolute atomic E-state index is 13.6. The van der Waals surface area contributed by atoms with Crippen LogP contribution in [0.4, 0.5) is 13.2 Å². The summed E-state index contributed by atoms with van der Waals surface area (Å²) in [6, 6.07) is 19.0. The first-order valence-corrected chi connectivity index (χ1v) is 20.7. The Labute approximate surface area is 275 Å². The first kappa shape index (κ1) is 38.2. The summed E-state index contributed by atoms with van der Waals surface area (Å²) in [5, 5.41) is 3.92. The SMILES string of the molecule is C[C@@H](/C=C/[C@@H](NC(=O)C(F)(F)F)[C@@H]1OC(C)(C)O[C@H]1CO[Si](C)(C)C(C)(C)C)O[Si](c1ccccc1)(c1ccccc1)C(C)(C)C. The van der Waals surface area contributed by atoms with E-state index in [2.05, 4.69) is 84.2 Å². The summed E-state index contributed by atoms with van der Waals surface area (Å²) in [6.45, 7) is 22.4. The van der Waals surface area contributed by atoms with Crippen LogP contribution in [0.25, 0.3) is 0 Å². The molecule has 0 radical (unpaired) electrons. The molecule has 1 N–H and O–H groups in total. The first-order chi connectivity index (χ1) is 21.0. The Morgan fingerprint density at radius 3 is 1.83 bits per heavy atom. The average molecular weight is 680 g/mol. The van der Waals surface area contributed by atoms with Crippen molar-refractivity contribution in [2.24, 2.45) is 0 Å². The predicted molar refractivity (Wildman–Crippen MR) is 182 cm³/mol. The fraction of sp³-hybridized carbons (Fsp3) is 0.571. The summed E-state index contributed by atoms with van der Waals surface area (Å²) in [7, 11) is -5.18. The maximum atomic E-state index is 13.6. The molecule has 0 aromatic heterocycles. The normalized spacial score (nSPS) is 20.9. The lowest BCUT2D eigenvalue weighted by atomic mass is 10.0. The van der Waals surface area contributed by atoms with Crippen molar-refractivity contribution < 1.29 is 36.3 Å². The molecule has 1 aliphatic heterocycles. The monoisotopic (exact) mass is 679 g/mol. The molecule has 0 unspecified atom stereocenters. The van der Waals surface area contributed by atoms with Crippen LogP contribution < -0.4 is 15.7 Å². The number of hydrogen-bond donors (Lipinski definition) is 1. The van der Waals surface area contributed by atoms with Crippen LogP contribution in [0.15, 0.2) is 72.8 Å². The minimum Gasteiger partial charge on any atom is -0.414 e. The van der Waals surface area contributed by atoms with Gasteiger partial charge in [0.15, 0.2) is 14.1 Å². The van der Waals surface area contributed by atoms with Gasteiger partial charge >= 0.3 is 12.1 Å². The third-order valence-electron chi connectivity index (χ3n) is 8.91. The molecule has 4 atom stereocenters. The average Bonchev–Trinajstić information content (AvgIpc) is 3.26. The topological polar surface area (TPSA) is 66.0 Å². The van der Waals surface area contributed by atoms with Gasteiger partial charge in [-0.25, -0.2) is 0 Å². The predicted octanol–water partition coefficient (Wildman–Crippen LogP) is 7.10. The lowest BCUT2D eigenvalue weighted by Crippen LogP contribution is -2.67. The third kappa shape index (κ3) is 8.99. The van der Waals surface area contributed by atoms with Crippen molar-refractivity contribution in [1.82, 2.24) is 5.32 Å². The standard InChI is InChI=1S/C35H52F3NO5Si2/c1-25(44-46(33(5,6)7,26-18-14-12-15-19-26)27-20-16-13-17-21-27)22-23-28(39-31(40)35(36,37)38)30-29(42-34(8,9)43-30)24-41-45(10,11)32(2,3)4/h12-23,25,28-30H,24H2,1-11H3,(H,39,40)/b23-22+/t25-,28+,29-,30-/m0/s1. The van der Waals surface area contributed by atoms with Crippen molar-refractivity contribution in [3.63, 3.8) is 0 Å². The highest BCUT2D eigenvalue weighted by Gasteiger charge is 2.52. The van der Waals surface area contributed by atoms with E-state index < -0.39 is 58.9 Å². The van der Waals surface area contributed by atoms with Gasteiger partial charge in [-0.2, -0.15) is 13.2 Å². The molecule has 0 spiro atoms. The number of nitrogens with one attached hydrogen (secondary N) is 1. The van der Waals surface area contributed by atoms with Gasteiger partial charge in [0.25, 0.3) is 8.32 Å². The number of carbonyl (C=O) groups excluding carboxylic acids is 1. The Hall–Kier alpha value is -2.29. The number of rotatable bonds is 11. The molecule has 0 bridgehead atoms. The van der Waals surface area contributed by atoms with Crippen molar-refractivity contribution in [3.8, 4) is 0 Å². The van der Waals surface area contributed by atoms with Gasteiger partial charge in [0.2, 0.25) is 0 Å². The van der Waals surface area contributed by atoms with E-state index in [0.717, 1.165) is 10.4 Å². The number of halogens is 3. The molecule has 256 valence electrons. The molecule has 46 heavy (non-hydrogen) atoms. The van der Waals surface area contributed by atoms with Crippen LogP contribution in [0.1, 0.15) is 62.3 Å². The fourth-order valence-corrected chi connectivity index (χ4v) is 11.2. The van der Waals surface area contributed by atoms with Crippen molar-refractivity contribution in [2.75, 3.05) is 6.61 Å². The van der Waals surface area contributed by atoms with Crippen LogP contribution in [-0.4, -0.2) is 65.5 Å². The molecule has 1 amide bonds. The first-order valence-electron chi connectivity index (χ1n) is 15.8. The number of benzene rings is 2. The Morgan fingerprint density at radius 2 is 1.39 bits per heavy atom. The van der Waals surface area contributed by atoms with E-state index in [1.54, 1.807) is 26.0 Å². The number of ether oxygens (including phenoxy) is 2. The summed E-state index contributed by atoms with van der Waals surface area (Å²) < 4.78 is 66.5. The van der Waals surface area contributed by atoms with Gasteiger partial charge in [0.05, 0.1) is 18.8 Å². The summed E-state index contributed by atoms with van der Waals surface area (Å²) >= 11 is 0. The second-order valence-corrected chi connectivity index (χ2v) is 24.1. The van der Waals surface area contributed by atoms with Gasteiger partial charge in [0.1, 0.15) is 12.2 Å². The van der Waals surface area contributed by atoms with Gasteiger partial charge in [-0.3, -0.25) is 4.79 Å². The van der Waals surface area contributed by atoms with Gasteiger partial charge in [-0.05, 0) is 54.3 Å². The second-order valence-electron chi connectivity index (χ2n) is 15.1. The molecule has 0 saturated carbocycles. The maximum Gasteiger partial charge on any atom is 0.471 e. The van der Waals surface area contributed by atoms with Gasteiger partial charge < -0.3 is 23.6 Å². The molecule has 3 rings (SSSR count). The van der Waals surface area contributed by atoms with Gasteiger partial charge in [-0.1, -0.05) is 114 Å². The molecule has 1 fully saturated rings. The van der Waals surface area contributed by atoms with Crippen molar-refractivity contribution in [3.05, 3.63) is 72.8 Å². The molecule has 0 aliphatic carbocycles. The number of hydrogen-bond acceptors (Lipinski definition) is 5. The smallest absolute Gasteiger partial charge is 0.414 e. The number of amides is 1. The summed E-state index contributed by atoms with van der Waals surface area (Å²) in [6.07, 6.45) is -4.02. The van der Waals surface area contributed by atoms with Crippen LogP contribution in [0.2, 0.25) is 23.2 Å².